The quantitative estimate of drug-likeness (QED) is 0.621. The van der Waals surface area contributed by atoms with Crippen molar-refractivity contribution in [3.8, 4) is 0 Å². The van der Waals surface area contributed by atoms with E-state index in [1.165, 1.54) is 25.7 Å². The van der Waals surface area contributed by atoms with Gasteiger partial charge in [0.05, 0.1) is 6.61 Å². The SMILES string of the molecule is CCNC(=NCC(CC)CC)N1CCC2(CCOC2)C1. The van der Waals surface area contributed by atoms with E-state index in [1.54, 1.807) is 0 Å². The fourth-order valence-corrected chi connectivity index (χ4v) is 3.28. The molecule has 0 aromatic rings. The molecule has 1 unspecified atom stereocenters. The summed E-state index contributed by atoms with van der Waals surface area (Å²) in [6, 6.07) is 0. The Labute approximate surface area is 124 Å². The van der Waals surface area contributed by atoms with E-state index in [-0.39, 0.29) is 0 Å². The minimum Gasteiger partial charge on any atom is -0.381 e. The van der Waals surface area contributed by atoms with E-state index < -0.39 is 0 Å². The first-order chi connectivity index (χ1) is 9.73. The molecule has 0 aromatic heterocycles. The summed E-state index contributed by atoms with van der Waals surface area (Å²) in [6.07, 6.45) is 4.91. The predicted molar refractivity (Wildman–Crippen MR) is 84.1 cm³/mol. The number of nitrogens with one attached hydrogen (secondary N) is 1. The summed E-state index contributed by atoms with van der Waals surface area (Å²) in [5, 5.41) is 3.47. The van der Waals surface area contributed by atoms with Crippen molar-refractivity contribution >= 4 is 5.96 Å². The zero-order chi connectivity index (χ0) is 14.4. The van der Waals surface area contributed by atoms with Crippen molar-refractivity contribution in [1.29, 1.82) is 0 Å². The van der Waals surface area contributed by atoms with Gasteiger partial charge in [0.2, 0.25) is 0 Å². The van der Waals surface area contributed by atoms with Gasteiger partial charge in [-0.2, -0.15) is 0 Å². The number of nitrogens with zero attached hydrogens (tertiary/aromatic N) is 2. The van der Waals surface area contributed by atoms with Crippen molar-refractivity contribution in [3.63, 3.8) is 0 Å². The van der Waals surface area contributed by atoms with Gasteiger partial charge in [0.15, 0.2) is 5.96 Å². The molecule has 4 heteroatoms. The van der Waals surface area contributed by atoms with Crippen molar-refractivity contribution in [1.82, 2.24) is 10.2 Å². The second kappa shape index (κ2) is 7.30. The van der Waals surface area contributed by atoms with Crippen LogP contribution in [0.4, 0.5) is 0 Å². The lowest BCUT2D eigenvalue weighted by Crippen LogP contribution is -2.41. The summed E-state index contributed by atoms with van der Waals surface area (Å²) < 4.78 is 5.62. The van der Waals surface area contributed by atoms with E-state index in [9.17, 15) is 0 Å². The molecule has 20 heavy (non-hydrogen) atoms. The minimum atomic E-state index is 0.408. The van der Waals surface area contributed by atoms with Crippen molar-refractivity contribution < 1.29 is 4.74 Å². The Kier molecular flexibility index (Phi) is 5.70. The number of guanidine groups is 1. The van der Waals surface area contributed by atoms with Crippen LogP contribution in [0, 0.1) is 11.3 Å². The van der Waals surface area contributed by atoms with Crippen LogP contribution in [0.5, 0.6) is 0 Å². The van der Waals surface area contributed by atoms with Crippen molar-refractivity contribution in [2.75, 3.05) is 39.4 Å². The standard InChI is InChI=1S/C16H31N3O/c1-4-14(5-2)11-18-15(17-6-3)19-9-7-16(12-19)8-10-20-13-16/h14H,4-13H2,1-3H3,(H,17,18). The van der Waals surface area contributed by atoms with Crippen LogP contribution in [0.1, 0.15) is 46.5 Å². The van der Waals surface area contributed by atoms with Gasteiger partial charge in [0.1, 0.15) is 0 Å². The third-order valence-corrected chi connectivity index (χ3v) is 4.91. The molecular formula is C16H31N3O. The van der Waals surface area contributed by atoms with Crippen LogP contribution in [0.3, 0.4) is 0 Å². The first-order valence-corrected chi connectivity index (χ1v) is 8.34. The Morgan fingerprint density at radius 1 is 1.30 bits per heavy atom. The maximum Gasteiger partial charge on any atom is 0.193 e. The molecule has 2 fully saturated rings. The highest BCUT2D eigenvalue weighted by atomic mass is 16.5. The Hall–Kier alpha value is -0.770. The molecule has 0 aliphatic carbocycles. The number of likely N-dealkylation sites (tertiary alicyclic amines) is 1. The van der Waals surface area contributed by atoms with Crippen LogP contribution >= 0.6 is 0 Å². The Bertz CT molecular complexity index is 320. The highest BCUT2D eigenvalue weighted by Gasteiger charge is 2.42. The molecule has 2 saturated heterocycles. The predicted octanol–water partition coefficient (Wildman–Crippen LogP) is 2.50. The molecule has 0 saturated carbocycles. The normalized spacial score (nSPS) is 27.0. The van der Waals surface area contributed by atoms with Gasteiger partial charge in [-0.1, -0.05) is 26.7 Å². The molecule has 2 aliphatic rings. The zero-order valence-electron chi connectivity index (χ0n) is 13.5. The Morgan fingerprint density at radius 2 is 2.10 bits per heavy atom. The van der Waals surface area contributed by atoms with Gasteiger partial charge in [-0.3, -0.25) is 4.99 Å². The number of hydrogen-bond donors (Lipinski definition) is 1. The minimum absolute atomic E-state index is 0.408. The van der Waals surface area contributed by atoms with Gasteiger partial charge in [-0.05, 0) is 25.7 Å². The summed E-state index contributed by atoms with van der Waals surface area (Å²) >= 11 is 0. The topological polar surface area (TPSA) is 36.9 Å². The van der Waals surface area contributed by atoms with E-state index in [4.69, 9.17) is 9.73 Å². The largest absolute Gasteiger partial charge is 0.381 e. The van der Waals surface area contributed by atoms with Crippen molar-refractivity contribution in [2.45, 2.75) is 46.5 Å². The maximum absolute atomic E-state index is 5.62. The molecule has 2 heterocycles. The van der Waals surface area contributed by atoms with Gasteiger partial charge in [0, 0.05) is 38.2 Å². The monoisotopic (exact) mass is 281 g/mol. The molecule has 2 rings (SSSR count). The van der Waals surface area contributed by atoms with Crippen molar-refractivity contribution in [2.24, 2.45) is 16.3 Å². The number of ether oxygens (including phenoxy) is 1. The van der Waals surface area contributed by atoms with Gasteiger partial charge in [0.25, 0.3) is 0 Å². The average molecular weight is 281 g/mol. The molecule has 116 valence electrons. The number of rotatable bonds is 5. The van der Waals surface area contributed by atoms with Crippen LogP contribution in [-0.4, -0.2) is 50.3 Å². The van der Waals surface area contributed by atoms with E-state index in [0.29, 0.717) is 5.41 Å². The second-order valence-electron chi connectivity index (χ2n) is 6.35. The molecular weight excluding hydrogens is 250 g/mol. The first kappa shape index (κ1) is 15.6. The summed E-state index contributed by atoms with van der Waals surface area (Å²) in [5.74, 6) is 1.83. The summed E-state index contributed by atoms with van der Waals surface area (Å²) in [4.78, 5) is 7.33. The molecule has 1 atom stereocenters. The highest BCUT2D eigenvalue weighted by Crippen LogP contribution is 2.38. The molecule has 4 nitrogen and oxygen atoms in total. The Balaban J connectivity index is 1.96. The van der Waals surface area contributed by atoms with Crippen LogP contribution in [0.2, 0.25) is 0 Å². The maximum atomic E-state index is 5.62. The molecule has 0 aromatic carbocycles. The van der Waals surface area contributed by atoms with E-state index >= 15 is 0 Å². The van der Waals surface area contributed by atoms with Gasteiger partial charge < -0.3 is 15.0 Å². The van der Waals surface area contributed by atoms with Crippen LogP contribution < -0.4 is 5.32 Å². The number of hydrogen-bond acceptors (Lipinski definition) is 2. The fourth-order valence-electron chi connectivity index (χ4n) is 3.28. The van der Waals surface area contributed by atoms with E-state index in [1.807, 2.05) is 0 Å². The molecule has 0 bridgehead atoms. The van der Waals surface area contributed by atoms with Gasteiger partial charge >= 0.3 is 0 Å². The molecule has 0 amide bonds. The van der Waals surface area contributed by atoms with Gasteiger partial charge in [-0.25, -0.2) is 0 Å². The Morgan fingerprint density at radius 3 is 2.70 bits per heavy atom. The first-order valence-electron chi connectivity index (χ1n) is 8.34. The smallest absolute Gasteiger partial charge is 0.193 e. The summed E-state index contributed by atoms with van der Waals surface area (Å²) in [7, 11) is 0. The van der Waals surface area contributed by atoms with Crippen LogP contribution in [-0.2, 0) is 4.74 Å². The molecule has 0 radical (unpaired) electrons. The molecule has 1 spiro atoms. The van der Waals surface area contributed by atoms with Crippen LogP contribution in [0.25, 0.3) is 0 Å². The lowest BCUT2D eigenvalue weighted by molar-refractivity contribution is 0.156. The lowest BCUT2D eigenvalue weighted by atomic mass is 9.87. The second-order valence-corrected chi connectivity index (χ2v) is 6.35. The van der Waals surface area contributed by atoms with E-state index in [2.05, 4.69) is 31.0 Å². The molecule has 2 aliphatic heterocycles. The third kappa shape index (κ3) is 3.66. The summed E-state index contributed by atoms with van der Waals surface area (Å²) in [5.41, 5.74) is 0.408. The van der Waals surface area contributed by atoms with Crippen molar-refractivity contribution in [3.05, 3.63) is 0 Å². The van der Waals surface area contributed by atoms with E-state index in [0.717, 1.165) is 51.3 Å². The average Bonchev–Trinajstić information content (AvgIpc) is 3.09. The summed E-state index contributed by atoms with van der Waals surface area (Å²) in [6.45, 7) is 12.7. The lowest BCUT2D eigenvalue weighted by Gasteiger charge is -2.25. The number of aliphatic imine (C=N–C) groups is 1. The fraction of sp³-hybridized carbons (Fsp3) is 0.938. The van der Waals surface area contributed by atoms with Crippen LogP contribution in [0.15, 0.2) is 4.99 Å². The highest BCUT2D eigenvalue weighted by molar-refractivity contribution is 5.80. The van der Waals surface area contributed by atoms with Gasteiger partial charge in [-0.15, -0.1) is 0 Å². The molecule has 1 N–H and O–H groups in total. The zero-order valence-corrected chi connectivity index (χ0v) is 13.5. The third-order valence-electron chi connectivity index (χ3n) is 4.91.